The van der Waals surface area contributed by atoms with Gasteiger partial charge in [0.25, 0.3) is 0 Å². The van der Waals surface area contributed by atoms with Crippen LogP contribution >= 0.6 is 15.9 Å². The molecule has 0 unspecified atom stereocenters. The van der Waals surface area contributed by atoms with Crippen molar-refractivity contribution in [1.29, 1.82) is 0 Å². The van der Waals surface area contributed by atoms with Crippen molar-refractivity contribution < 1.29 is 13.2 Å². The third-order valence-corrected chi connectivity index (χ3v) is 4.27. The lowest BCUT2D eigenvalue weighted by molar-refractivity contribution is -0.120. The molecule has 1 aromatic carbocycles. The molecule has 0 saturated heterocycles. The van der Waals surface area contributed by atoms with Crippen molar-refractivity contribution in [3.8, 4) is 0 Å². The van der Waals surface area contributed by atoms with E-state index < -0.39 is 10.0 Å². The number of rotatable bonds is 5. The average Bonchev–Trinajstić information content (AvgIpc) is 2.29. The number of carbonyl (C=O) groups is 1. The van der Waals surface area contributed by atoms with E-state index in [0.717, 1.165) is 0 Å². The van der Waals surface area contributed by atoms with E-state index in [1.165, 1.54) is 18.2 Å². The first-order valence-electron chi connectivity index (χ1n) is 5.56. The molecule has 0 aromatic heterocycles. The highest BCUT2D eigenvalue weighted by Gasteiger charge is 2.16. The summed E-state index contributed by atoms with van der Waals surface area (Å²) >= 11 is 3.18. The van der Waals surface area contributed by atoms with Crippen molar-refractivity contribution in [2.45, 2.75) is 24.8 Å². The van der Waals surface area contributed by atoms with Gasteiger partial charge in [0.15, 0.2) is 0 Å². The van der Waals surface area contributed by atoms with Crippen LogP contribution in [0.5, 0.6) is 0 Å². The zero-order valence-corrected chi connectivity index (χ0v) is 13.0. The first-order chi connectivity index (χ1) is 8.72. The molecule has 6 nitrogen and oxygen atoms in total. The molecule has 0 aliphatic heterocycles. The Morgan fingerprint density at radius 1 is 1.42 bits per heavy atom. The van der Waals surface area contributed by atoms with Crippen LogP contribution in [0.15, 0.2) is 27.6 Å². The minimum Gasteiger partial charge on any atom is -0.398 e. The highest BCUT2D eigenvalue weighted by molar-refractivity contribution is 9.10. The lowest BCUT2D eigenvalue weighted by Crippen LogP contribution is -2.39. The normalized spacial score (nSPS) is 11.6. The number of nitrogen functional groups attached to an aromatic ring is 1. The summed E-state index contributed by atoms with van der Waals surface area (Å²) in [5, 5.41) is 2.59. The minimum absolute atomic E-state index is 0.0190. The Morgan fingerprint density at radius 2 is 2.05 bits per heavy atom. The molecule has 106 valence electrons. The van der Waals surface area contributed by atoms with Gasteiger partial charge in [-0.3, -0.25) is 4.79 Å². The molecule has 0 heterocycles. The third kappa shape index (κ3) is 4.81. The Hall–Kier alpha value is -1.12. The van der Waals surface area contributed by atoms with Crippen LogP contribution in [-0.2, 0) is 14.8 Å². The Balaban J connectivity index is 2.76. The molecule has 0 spiro atoms. The third-order valence-electron chi connectivity index (χ3n) is 2.15. The monoisotopic (exact) mass is 349 g/mol. The molecule has 0 radical (unpaired) electrons. The summed E-state index contributed by atoms with van der Waals surface area (Å²) in [5.41, 5.74) is 5.94. The van der Waals surface area contributed by atoms with Gasteiger partial charge in [-0.05, 0) is 48.0 Å². The van der Waals surface area contributed by atoms with Gasteiger partial charge >= 0.3 is 0 Å². The fourth-order valence-electron chi connectivity index (χ4n) is 1.31. The first-order valence-corrected chi connectivity index (χ1v) is 7.84. The molecule has 8 heteroatoms. The Bertz CT molecular complexity index is 573. The molecule has 0 aliphatic rings. The molecule has 19 heavy (non-hydrogen) atoms. The van der Waals surface area contributed by atoms with Crippen LogP contribution in [0.25, 0.3) is 0 Å². The standard InChI is InChI=1S/C11H16BrN3O3S/c1-7(2)15-11(16)6-14-19(17,18)8-3-4-9(12)10(13)5-8/h3-5,7,14H,6,13H2,1-2H3,(H,15,16). The van der Waals surface area contributed by atoms with E-state index in [2.05, 4.69) is 26.0 Å². The number of anilines is 1. The zero-order chi connectivity index (χ0) is 14.6. The lowest BCUT2D eigenvalue weighted by Gasteiger charge is -2.10. The van der Waals surface area contributed by atoms with Gasteiger partial charge in [0.2, 0.25) is 15.9 Å². The molecule has 1 rings (SSSR count). The SMILES string of the molecule is CC(C)NC(=O)CNS(=O)(=O)c1ccc(Br)c(N)c1. The Labute approximate surface area is 120 Å². The number of hydrogen-bond donors (Lipinski definition) is 3. The van der Waals surface area contributed by atoms with E-state index in [1.807, 2.05) is 0 Å². The molecular weight excluding hydrogens is 334 g/mol. The van der Waals surface area contributed by atoms with Crippen LogP contribution in [0.4, 0.5) is 5.69 Å². The maximum Gasteiger partial charge on any atom is 0.241 e. The summed E-state index contributed by atoms with van der Waals surface area (Å²) in [7, 11) is -3.74. The molecular formula is C11H16BrN3O3S. The molecule has 0 aliphatic carbocycles. The summed E-state index contributed by atoms with van der Waals surface area (Å²) < 4.78 is 26.7. The molecule has 1 aromatic rings. The quantitative estimate of drug-likeness (QED) is 0.685. The Morgan fingerprint density at radius 3 is 2.58 bits per heavy atom. The van der Waals surface area contributed by atoms with Crippen LogP contribution in [0.1, 0.15) is 13.8 Å². The summed E-state index contributed by atoms with van der Waals surface area (Å²) in [6.07, 6.45) is 0. The lowest BCUT2D eigenvalue weighted by atomic mass is 10.3. The number of amides is 1. The Kier molecular flexibility index (Phi) is 5.33. The summed E-state index contributed by atoms with van der Waals surface area (Å²) in [6.45, 7) is 3.28. The number of nitrogens with two attached hydrogens (primary N) is 1. The van der Waals surface area contributed by atoms with E-state index in [1.54, 1.807) is 13.8 Å². The van der Waals surface area contributed by atoms with Crippen LogP contribution in [0.2, 0.25) is 0 Å². The number of carbonyl (C=O) groups excluding carboxylic acids is 1. The van der Waals surface area contributed by atoms with Gasteiger partial charge in [0, 0.05) is 16.2 Å². The smallest absolute Gasteiger partial charge is 0.241 e. The van der Waals surface area contributed by atoms with Gasteiger partial charge in [-0.1, -0.05) is 0 Å². The average molecular weight is 350 g/mol. The minimum atomic E-state index is -3.74. The van der Waals surface area contributed by atoms with E-state index >= 15 is 0 Å². The van der Waals surface area contributed by atoms with Crippen LogP contribution < -0.4 is 15.8 Å². The van der Waals surface area contributed by atoms with Crippen molar-refractivity contribution in [2.75, 3.05) is 12.3 Å². The fraction of sp³-hybridized carbons (Fsp3) is 0.364. The second-order valence-electron chi connectivity index (χ2n) is 4.23. The molecule has 1 amide bonds. The summed E-state index contributed by atoms with van der Waals surface area (Å²) in [6, 6.07) is 4.23. The predicted octanol–water partition coefficient (Wildman–Crippen LogP) is 0.834. The van der Waals surface area contributed by atoms with Crippen molar-refractivity contribution in [1.82, 2.24) is 10.0 Å². The van der Waals surface area contributed by atoms with Crippen LogP contribution in [-0.4, -0.2) is 26.9 Å². The molecule has 4 N–H and O–H groups in total. The largest absolute Gasteiger partial charge is 0.398 e. The topological polar surface area (TPSA) is 101 Å². The van der Waals surface area contributed by atoms with Gasteiger partial charge in [-0.15, -0.1) is 0 Å². The number of halogens is 1. The van der Waals surface area contributed by atoms with Gasteiger partial charge < -0.3 is 11.1 Å². The first kappa shape index (κ1) is 15.9. The van der Waals surface area contributed by atoms with Crippen molar-refractivity contribution in [3.05, 3.63) is 22.7 Å². The van der Waals surface area contributed by atoms with E-state index in [4.69, 9.17) is 5.73 Å². The highest BCUT2D eigenvalue weighted by atomic mass is 79.9. The van der Waals surface area contributed by atoms with Crippen molar-refractivity contribution in [2.24, 2.45) is 0 Å². The van der Waals surface area contributed by atoms with E-state index in [9.17, 15) is 13.2 Å². The molecule has 0 saturated carbocycles. The second-order valence-corrected chi connectivity index (χ2v) is 6.85. The maximum absolute atomic E-state index is 11.9. The summed E-state index contributed by atoms with van der Waals surface area (Å²) in [4.78, 5) is 11.4. The van der Waals surface area contributed by atoms with Crippen LogP contribution in [0.3, 0.4) is 0 Å². The predicted molar refractivity (Wildman–Crippen MR) is 77.0 cm³/mol. The van der Waals surface area contributed by atoms with E-state index in [-0.39, 0.29) is 23.4 Å². The number of benzene rings is 1. The van der Waals surface area contributed by atoms with Gasteiger partial charge in [-0.2, -0.15) is 0 Å². The van der Waals surface area contributed by atoms with Crippen LogP contribution in [0, 0.1) is 0 Å². The van der Waals surface area contributed by atoms with E-state index in [0.29, 0.717) is 10.2 Å². The van der Waals surface area contributed by atoms with Crippen molar-refractivity contribution >= 4 is 37.5 Å². The number of hydrogen-bond acceptors (Lipinski definition) is 4. The molecule has 0 fully saturated rings. The molecule has 0 atom stereocenters. The maximum atomic E-state index is 11.9. The molecule has 0 bridgehead atoms. The van der Waals surface area contributed by atoms with Crippen molar-refractivity contribution in [3.63, 3.8) is 0 Å². The highest BCUT2D eigenvalue weighted by Crippen LogP contribution is 2.22. The number of nitrogens with one attached hydrogen (secondary N) is 2. The number of sulfonamides is 1. The zero-order valence-electron chi connectivity index (χ0n) is 10.6. The van der Waals surface area contributed by atoms with Gasteiger partial charge in [0.1, 0.15) is 0 Å². The van der Waals surface area contributed by atoms with Gasteiger partial charge in [0.05, 0.1) is 11.4 Å². The second kappa shape index (κ2) is 6.36. The summed E-state index contributed by atoms with van der Waals surface area (Å²) in [5.74, 6) is -0.386. The van der Waals surface area contributed by atoms with Gasteiger partial charge in [-0.25, -0.2) is 13.1 Å². The fourth-order valence-corrected chi connectivity index (χ4v) is 2.57.